The van der Waals surface area contributed by atoms with Crippen molar-refractivity contribution in [3.8, 4) is 0 Å². The minimum absolute atomic E-state index is 0. The topological polar surface area (TPSA) is 58.4 Å². The summed E-state index contributed by atoms with van der Waals surface area (Å²) >= 11 is 0. The third-order valence-electron chi connectivity index (χ3n) is 3.36. The van der Waals surface area contributed by atoms with E-state index in [0.29, 0.717) is 17.8 Å². The SMILES string of the molecule is Cc1ccc(NC(=O)CN2CCCC(N)C2)cc1F.Cl. The molecule has 6 heteroatoms. The molecule has 0 aromatic heterocycles. The first-order chi connectivity index (χ1) is 9.04. The van der Waals surface area contributed by atoms with Crippen molar-refractivity contribution in [2.24, 2.45) is 5.73 Å². The molecule has 1 heterocycles. The maximum absolute atomic E-state index is 13.4. The molecule has 1 atom stereocenters. The van der Waals surface area contributed by atoms with Crippen molar-refractivity contribution in [1.29, 1.82) is 0 Å². The van der Waals surface area contributed by atoms with Crippen LogP contribution in [0, 0.1) is 12.7 Å². The van der Waals surface area contributed by atoms with Gasteiger partial charge in [0.15, 0.2) is 0 Å². The molecule has 0 bridgehead atoms. The largest absolute Gasteiger partial charge is 0.327 e. The molecule has 0 saturated carbocycles. The second-order valence-corrected chi connectivity index (χ2v) is 5.15. The van der Waals surface area contributed by atoms with Crippen LogP contribution >= 0.6 is 12.4 Å². The summed E-state index contributed by atoms with van der Waals surface area (Å²) in [6, 6.07) is 4.85. The Morgan fingerprint density at radius 3 is 2.95 bits per heavy atom. The number of likely N-dealkylation sites (tertiary alicyclic amines) is 1. The van der Waals surface area contributed by atoms with Gasteiger partial charge in [-0.05, 0) is 44.0 Å². The zero-order valence-corrected chi connectivity index (χ0v) is 12.4. The van der Waals surface area contributed by atoms with E-state index in [9.17, 15) is 9.18 Å². The monoisotopic (exact) mass is 301 g/mol. The zero-order valence-electron chi connectivity index (χ0n) is 11.6. The van der Waals surface area contributed by atoms with Crippen molar-refractivity contribution in [2.45, 2.75) is 25.8 Å². The van der Waals surface area contributed by atoms with Crippen molar-refractivity contribution in [3.63, 3.8) is 0 Å². The number of piperidine rings is 1. The molecule has 0 radical (unpaired) electrons. The van der Waals surface area contributed by atoms with Crippen LogP contribution in [0.25, 0.3) is 0 Å². The molecule has 3 N–H and O–H groups in total. The third kappa shape index (κ3) is 4.74. The number of carbonyl (C=O) groups is 1. The molecule has 112 valence electrons. The molecular formula is C14H21ClFN3O. The van der Waals surface area contributed by atoms with Crippen LogP contribution in [0.4, 0.5) is 10.1 Å². The quantitative estimate of drug-likeness (QED) is 0.897. The van der Waals surface area contributed by atoms with Gasteiger partial charge in [-0.25, -0.2) is 4.39 Å². The van der Waals surface area contributed by atoms with Crippen LogP contribution < -0.4 is 11.1 Å². The first-order valence-electron chi connectivity index (χ1n) is 6.58. The van der Waals surface area contributed by atoms with E-state index in [2.05, 4.69) is 5.32 Å². The Morgan fingerprint density at radius 1 is 1.55 bits per heavy atom. The van der Waals surface area contributed by atoms with Crippen molar-refractivity contribution in [1.82, 2.24) is 4.90 Å². The molecule has 1 saturated heterocycles. The summed E-state index contributed by atoms with van der Waals surface area (Å²) in [6.07, 6.45) is 2.04. The summed E-state index contributed by atoms with van der Waals surface area (Å²) in [5.41, 5.74) is 6.93. The predicted molar refractivity (Wildman–Crippen MR) is 80.7 cm³/mol. The van der Waals surface area contributed by atoms with Crippen LogP contribution in [0.15, 0.2) is 18.2 Å². The smallest absolute Gasteiger partial charge is 0.238 e. The summed E-state index contributed by atoms with van der Waals surface area (Å²) in [7, 11) is 0. The minimum Gasteiger partial charge on any atom is -0.327 e. The van der Waals surface area contributed by atoms with E-state index in [0.717, 1.165) is 25.9 Å². The lowest BCUT2D eigenvalue weighted by Crippen LogP contribution is -2.45. The summed E-state index contributed by atoms with van der Waals surface area (Å²) < 4.78 is 13.4. The van der Waals surface area contributed by atoms with E-state index >= 15 is 0 Å². The molecular weight excluding hydrogens is 281 g/mol. The van der Waals surface area contributed by atoms with Crippen molar-refractivity contribution >= 4 is 24.0 Å². The number of anilines is 1. The van der Waals surface area contributed by atoms with Gasteiger partial charge in [-0.3, -0.25) is 9.69 Å². The third-order valence-corrected chi connectivity index (χ3v) is 3.36. The van der Waals surface area contributed by atoms with Crippen molar-refractivity contribution in [2.75, 3.05) is 25.0 Å². The van der Waals surface area contributed by atoms with E-state index in [1.165, 1.54) is 6.07 Å². The van der Waals surface area contributed by atoms with Crippen molar-refractivity contribution < 1.29 is 9.18 Å². The van der Waals surface area contributed by atoms with Gasteiger partial charge in [0, 0.05) is 18.3 Å². The van der Waals surface area contributed by atoms with Crippen LogP contribution in [0.3, 0.4) is 0 Å². The number of hydrogen-bond acceptors (Lipinski definition) is 3. The van der Waals surface area contributed by atoms with E-state index in [-0.39, 0.29) is 30.2 Å². The number of nitrogens with zero attached hydrogens (tertiary/aromatic N) is 1. The number of halogens is 2. The first kappa shape index (κ1) is 16.9. The molecule has 1 aliphatic heterocycles. The maximum atomic E-state index is 13.4. The molecule has 4 nitrogen and oxygen atoms in total. The molecule has 0 spiro atoms. The van der Waals surface area contributed by atoms with Crippen LogP contribution in [0.2, 0.25) is 0 Å². The van der Waals surface area contributed by atoms with Crippen LogP contribution in [-0.4, -0.2) is 36.5 Å². The zero-order chi connectivity index (χ0) is 13.8. The van der Waals surface area contributed by atoms with Crippen LogP contribution in [0.1, 0.15) is 18.4 Å². The Morgan fingerprint density at radius 2 is 2.30 bits per heavy atom. The highest BCUT2D eigenvalue weighted by Gasteiger charge is 2.18. The molecule has 0 aliphatic carbocycles. The van der Waals surface area contributed by atoms with Gasteiger partial charge in [0.2, 0.25) is 5.91 Å². The molecule has 1 aromatic rings. The highest BCUT2D eigenvalue weighted by molar-refractivity contribution is 5.92. The van der Waals surface area contributed by atoms with Gasteiger partial charge in [-0.2, -0.15) is 0 Å². The van der Waals surface area contributed by atoms with E-state index in [1.807, 2.05) is 4.90 Å². The number of aryl methyl sites for hydroxylation is 1. The Kier molecular flexibility index (Phi) is 6.39. The number of benzene rings is 1. The van der Waals surface area contributed by atoms with Gasteiger partial charge in [-0.1, -0.05) is 6.07 Å². The highest BCUT2D eigenvalue weighted by Crippen LogP contribution is 2.14. The fourth-order valence-corrected chi connectivity index (χ4v) is 2.31. The molecule has 1 unspecified atom stereocenters. The van der Waals surface area contributed by atoms with Gasteiger partial charge >= 0.3 is 0 Å². The highest BCUT2D eigenvalue weighted by atomic mass is 35.5. The first-order valence-corrected chi connectivity index (χ1v) is 6.58. The number of amides is 1. The van der Waals surface area contributed by atoms with Gasteiger partial charge in [0.1, 0.15) is 5.82 Å². The minimum atomic E-state index is -0.308. The Hall–Kier alpha value is -1.17. The lowest BCUT2D eigenvalue weighted by Gasteiger charge is -2.29. The number of hydrogen-bond donors (Lipinski definition) is 2. The number of carbonyl (C=O) groups excluding carboxylic acids is 1. The summed E-state index contributed by atoms with van der Waals surface area (Å²) in [5.74, 6) is -0.435. The van der Waals surface area contributed by atoms with Crippen LogP contribution in [0.5, 0.6) is 0 Å². The Balaban J connectivity index is 0.00000200. The normalized spacial score (nSPS) is 19.2. The maximum Gasteiger partial charge on any atom is 0.238 e. The standard InChI is InChI=1S/C14H20FN3O.ClH/c1-10-4-5-12(7-13(10)15)17-14(19)9-18-6-2-3-11(16)8-18;/h4-5,7,11H,2-3,6,8-9,16H2,1H3,(H,17,19);1H. The number of rotatable bonds is 3. The molecule has 20 heavy (non-hydrogen) atoms. The second kappa shape index (κ2) is 7.57. The fraction of sp³-hybridized carbons (Fsp3) is 0.500. The van der Waals surface area contributed by atoms with Crippen molar-refractivity contribution in [3.05, 3.63) is 29.6 Å². The Bertz CT molecular complexity index is 470. The van der Waals surface area contributed by atoms with Gasteiger partial charge < -0.3 is 11.1 Å². The lowest BCUT2D eigenvalue weighted by molar-refractivity contribution is -0.117. The summed E-state index contributed by atoms with van der Waals surface area (Å²) in [4.78, 5) is 13.9. The Labute approximate surface area is 124 Å². The second-order valence-electron chi connectivity index (χ2n) is 5.15. The van der Waals surface area contributed by atoms with Gasteiger partial charge in [0.25, 0.3) is 0 Å². The number of nitrogens with two attached hydrogens (primary N) is 1. The van der Waals surface area contributed by atoms with E-state index < -0.39 is 0 Å². The summed E-state index contributed by atoms with van der Waals surface area (Å²) in [6.45, 7) is 3.64. The number of nitrogens with one attached hydrogen (secondary N) is 1. The predicted octanol–water partition coefficient (Wildman–Crippen LogP) is 1.92. The molecule has 1 amide bonds. The average Bonchev–Trinajstić information content (AvgIpc) is 2.34. The van der Waals surface area contributed by atoms with E-state index in [4.69, 9.17) is 5.73 Å². The van der Waals surface area contributed by atoms with Gasteiger partial charge in [-0.15, -0.1) is 12.4 Å². The van der Waals surface area contributed by atoms with E-state index in [1.54, 1.807) is 19.1 Å². The lowest BCUT2D eigenvalue weighted by atomic mass is 10.1. The molecule has 1 aliphatic rings. The average molecular weight is 302 g/mol. The summed E-state index contributed by atoms with van der Waals surface area (Å²) in [5, 5.41) is 2.71. The molecule has 1 aromatic carbocycles. The molecule has 1 fully saturated rings. The fourth-order valence-electron chi connectivity index (χ4n) is 2.31. The molecule has 2 rings (SSSR count). The van der Waals surface area contributed by atoms with Crippen LogP contribution in [-0.2, 0) is 4.79 Å². The van der Waals surface area contributed by atoms with Gasteiger partial charge in [0.05, 0.1) is 6.54 Å².